The Hall–Kier alpha value is -2.93. The van der Waals surface area contributed by atoms with Crippen molar-refractivity contribution >= 4 is 29.4 Å². The summed E-state index contributed by atoms with van der Waals surface area (Å²) >= 11 is 5.75. The Morgan fingerprint density at radius 2 is 2.04 bits per heavy atom. The molecule has 0 aromatic heterocycles. The van der Waals surface area contributed by atoms with Gasteiger partial charge in [-0.3, -0.25) is 14.9 Å². The maximum absolute atomic E-state index is 11.6. The van der Waals surface area contributed by atoms with E-state index in [9.17, 15) is 14.9 Å². The third-order valence-electron chi connectivity index (χ3n) is 3.02. The Morgan fingerprint density at radius 1 is 1.33 bits per heavy atom. The van der Waals surface area contributed by atoms with Crippen LogP contribution in [0.15, 0.2) is 47.6 Å². The van der Waals surface area contributed by atoms with Crippen LogP contribution in [0.3, 0.4) is 0 Å². The first-order valence-electron chi connectivity index (χ1n) is 6.91. The Bertz CT molecular complexity index is 775. The number of hydrogen-bond donors (Lipinski definition) is 1. The smallest absolute Gasteiger partial charge is 0.277 e. The van der Waals surface area contributed by atoms with E-state index in [2.05, 4.69) is 10.5 Å². The molecule has 0 aliphatic carbocycles. The van der Waals surface area contributed by atoms with Gasteiger partial charge in [0.25, 0.3) is 11.6 Å². The van der Waals surface area contributed by atoms with E-state index < -0.39 is 10.8 Å². The number of aryl methyl sites for hydroxylation is 1. The van der Waals surface area contributed by atoms with Gasteiger partial charge in [0.15, 0.2) is 6.61 Å². The SMILES string of the molecule is Cc1ccc(/C=N\NC(=O)COc2ccc(Cl)cc2)cc1[N+](=O)[O-]. The van der Waals surface area contributed by atoms with Crippen molar-refractivity contribution < 1.29 is 14.5 Å². The summed E-state index contributed by atoms with van der Waals surface area (Å²) in [6, 6.07) is 11.3. The second kappa shape index (κ2) is 8.07. The van der Waals surface area contributed by atoms with Crippen LogP contribution in [0.1, 0.15) is 11.1 Å². The molecule has 1 amide bonds. The lowest BCUT2D eigenvalue weighted by Crippen LogP contribution is -2.24. The molecular weight excluding hydrogens is 334 g/mol. The summed E-state index contributed by atoms with van der Waals surface area (Å²) in [5.41, 5.74) is 3.34. The lowest BCUT2D eigenvalue weighted by atomic mass is 10.1. The van der Waals surface area contributed by atoms with E-state index in [0.29, 0.717) is 21.9 Å². The molecule has 0 saturated heterocycles. The molecular formula is C16H14ClN3O4. The van der Waals surface area contributed by atoms with Gasteiger partial charge in [0.1, 0.15) is 5.75 Å². The van der Waals surface area contributed by atoms with Gasteiger partial charge >= 0.3 is 0 Å². The molecule has 2 aromatic carbocycles. The number of ether oxygens (including phenoxy) is 1. The minimum Gasteiger partial charge on any atom is -0.484 e. The molecule has 0 aliphatic heterocycles. The van der Waals surface area contributed by atoms with Gasteiger partial charge in [0.05, 0.1) is 11.1 Å². The van der Waals surface area contributed by atoms with Crippen molar-refractivity contribution in [1.82, 2.24) is 5.43 Å². The van der Waals surface area contributed by atoms with E-state index in [-0.39, 0.29) is 12.3 Å². The van der Waals surface area contributed by atoms with Crippen LogP contribution in [-0.4, -0.2) is 23.7 Å². The first-order valence-corrected chi connectivity index (χ1v) is 7.29. The summed E-state index contributed by atoms with van der Waals surface area (Å²) in [5.74, 6) is 0.0514. The van der Waals surface area contributed by atoms with Crippen LogP contribution in [0.2, 0.25) is 5.02 Å². The average molecular weight is 348 g/mol. The third-order valence-corrected chi connectivity index (χ3v) is 3.27. The van der Waals surface area contributed by atoms with E-state index in [1.807, 2.05) is 0 Å². The summed E-state index contributed by atoms with van der Waals surface area (Å²) in [7, 11) is 0. The normalized spacial score (nSPS) is 10.6. The van der Waals surface area contributed by atoms with E-state index in [0.717, 1.165) is 0 Å². The second-order valence-corrected chi connectivity index (χ2v) is 5.28. The first kappa shape index (κ1) is 17.4. The standard InChI is InChI=1S/C16H14ClN3O4/c1-11-2-3-12(8-15(11)20(22)23)9-18-19-16(21)10-24-14-6-4-13(17)5-7-14/h2-9H,10H2,1H3,(H,19,21)/b18-9-. The molecule has 24 heavy (non-hydrogen) atoms. The van der Waals surface area contributed by atoms with Crippen LogP contribution < -0.4 is 10.2 Å². The minimum atomic E-state index is -0.467. The molecule has 2 rings (SSSR count). The number of carbonyl (C=O) groups is 1. The van der Waals surface area contributed by atoms with Gasteiger partial charge in [-0.25, -0.2) is 5.43 Å². The number of hydrazone groups is 1. The highest BCUT2D eigenvalue weighted by atomic mass is 35.5. The number of carbonyl (C=O) groups excluding carboxylic acids is 1. The molecule has 2 aromatic rings. The highest BCUT2D eigenvalue weighted by Crippen LogP contribution is 2.18. The zero-order valence-corrected chi connectivity index (χ0v) is 13.5. The fourth-order valence-corrected chi connectivity index (χ4v) is 1.92. The van der Waals surface area contributed by atoms with Gasteiger partial charge < -0.3 is 4.74 Å². The quantitative estimate of drug-likeness (QED) is 0.493. The highest BCUT2D eigenvalue weighted by molar-refractivity contribution is 6.30. The molecule has 0 fully saturated rings. The number of nitro benzene ring substituents is 1. The summed E-state index contributed by atoms with van der Waals surface area (Å²) < 4.78 is 5.26. The van der Waals surface area contributed by atoms with Crippen molar-refractivity contribution in [1.29, 1.82) is 0 Å². The summed E-state index contributed by atoms with van der Waals surface area (Å²) in [6.45, 7) is 1.43. The number of halogens is 1. The number of rotatable bonds is 6. The number of nitrogens with one attached hydrogen (secondary N) is 1. The van der Waals surface area contributed by atoms with Crippen LogP contribution >= 0.6 is 11.6 Å². The van der Waals surface area contributed by atoms with Crippen molar-refractivity contribution in [3.63, 3.8) is 0 Å². The summed E-state index contributed by atoms with van der Waals surface area (Å²) in [6.07, 6.45) is 1.33. The monoisotopic (exact) mass is 347 g/mol. The average Bonchev–Trinajstić information content (AvgIpc) is 2.55. The molecule has 0 spiro atoms. The van der Waals surface area contributed by atoms with Crippen LogP contribution in [0.25, 0.3) is 0 Å². The zero-order chi connectivity index (χ0) is 17.5. The number of nitrogens with zero attached hydrogens (tertiary/aromatic N) is 2. The molecule has 0 radical (unpaired) electrons. The summed E-state index contributed by atoms with van der Waals surface area (Å²) in [5, 5.41) is 15.2. The maximum atomic E-state index is 11.6. The van der Waals surface area contributed by atoms with Crippen LogP contribution in [0, 0.1) is 17.0 Å². The van der Waals surface area contributed by atoms with Crippen molar-refractivity contribution in [3.05, 3.63) is 68.7 Å². The van der Waals surface area contributed by atoms with Crippen LogP contribution in [-0.2, 0) is 4.79 Å². The van der Waals surface area contributed by atoms with Crippen molar-refractivity contribution in [2.75, 3.05) is 6.61 Å². The fraction of sp³-hybridized carbons (Fsp3) is 0.125. The molecule has 8 heteroatoms. The number of benzene rings is 2. The molecule has 0 heterocycles. The van der Waals surface area contributed by atoms with Crippen LogP contribution in [0.5, 0.6) is 5.75 Å². The Kier molecular flexibility index (Phi) is 5.86. The Balaban J connectivity index is 1.87. The van der Waals surface area contributed by atoms with Crippen molar-refractivity contribution in [2.24, 2.45) is 5.10 Å². The van der Waals surface area contributed by atoms with E-state index in [4.69, 9.17) is 16.3 Å². The maximum Gasteiger partial charge on any atom is 0.277 e. The van der Waals surface area contributed by atoms with E-state index in [1.54, 1.807) is 43.3 Å². The topological polar surface area (TPSA) is 93.8 Å². The third kappa shape index (κ3) is 5.06. The predicted molar refractivity (Wildman–Crippen MR) is 90.5 cm³/mol. The number of nitro groups is 1. The number of amides is 1. The summed E-state index contributed by atoms with van der Waals surface area (Å²) in [4.78, 5) is 22.0. The van der Waals surface area contributed by atoms with Gasteiger partial charge in [-0.05, 0) is 31.2 Å². The molecule has 0 bridgehead atoms. The molecule has 0 aliphatic rings. The Labute approximate surface area is 143 Å². The van der Waals surface area contributed by atoms with Crippen LogP contribution in [0.4, 0.5) is 5.69 Å². The molecule has 124 valence electrons. The molecule has 0 saturated carbocycles. The first-order chi connectivity index (χ1) is 11.5. The van der Waals surface area contributed by atoms with Gasteiger partial charge in [-0.2, -0.15) is 5.10 Å². The predicted octanol–water partition coefficient (Wildman–Crippen LogP) is 3.09. The van der Waals surface area contributed by atoms with Crippen molar-refractivity contribution in [3.8, 4) is 5.75 Å². The van der Waals surface area contributed by atoms with Gasteiger partial charge in [0, 0.05) is 22.2 Å². The zero-order valence-electron chi connectivity index (χ0n) is 12.7. The van der Waals surface area contributed by atoms with Gasteiger partial charge in [0.2, 0.25) is 0 Å². The van der Waals surface area contributed by atoms with E-state index in [1.165, 1.54) is 12.3 Å². The van der Waals surface area contributed by atoms with E-state index >= 15 is 0 Å². The molecule has 1 N–H and O–H groups in total. The largest absolute Gasteiger partial charge is 0.484 e. The lowest BCUT2D eigenvalue weighted by molar-refractivity contribution is -0.385. The molecule has 7 nitrogen and oxygen atoms in total. The van der Waals surface area contributed by atoms with Crippen molar-refractivity contribution in [2.45, 2.75) is 6.92 Å². The molecule has 0 atom stereocenters. The number of hydrogen-bond acceptors (Lipinski definition) is 5. The molecule has 0 unspecified atom stereocenters. The van der Waals surface area contributed by atoms with Gasteiger partial charge in [-0.1, -0.05) is 23.7 Å². The minimum absolute atomic E-state index is 0.00338. The van der Waals surface area contributed by atoms with Gasteiger partial charge in [-0.15, -0.1) is 0 Å². The highest BCUT2D eigenvalue weighted by Gasteiger charge is 2.10. The Morgan fingerprint density at radius 3 is 2.71 bits per heavy atom. The fourth-order valence-electron chi connectivity index (χ4n) is 1.79. The lowest BCUT2D eigenvalue weighted by Gasteiger charge is -2.04. The second-order valence-electron chi connectivity index (χ2n) is 4.84.